The Balaban J connectivity index is 1.68. The van der Waals surface area contributed by atoms with E-state index in [1.54, 1.807) is 6.92 Å². The second-order valence-corrected chi connectivity index (χ2v) is 5.43. The number of amides is 1. The van der Waals surface area contributed by atoms with Crippen LogP contribution in [0, 0.1) is 0 Å². The third-order valence-electron chi connectivity index (χ3n) is 3.68. The highest BCUT2D eigenvalue weighted by Crippen LogP contribution is 2.12. The number of hydrogen-bond donors (Lipinski definition) is 2. The molecule has 0 radical (unpaired) electrons. The third-order valence-corrected chi connectivity index (χ3v) is 3.68. The van der Waals surface area contributed by atoms with Gasteiger partial charge in [0.15, 0.2) is 6.61 Å². The first-order valence-electron chi connectivity index (χ1n) is 8.07. The maximum atomic E-state index is 11.9. The van der Waals surface area contributed by atoms with E-state index < -0.39 is 0 Å². The van der Waals surface area contributed by atoms with E-state index in [0.717, 1.165) is 31.4 Å². The fraction of sp³-hybridized carbons (Fsp3) is 0.529. The zero-order valence-electron chi connectivity index (χ0n) is 13.5. The average molecular weight is 320 g/mol. The first-order valence-corrected chi connectivity index (χ1v) is 8.07. The van der Waals surface area contributed by atoms with Gasteiger partial charge in [0.05, 0.1) is 12.6 Å². The summed E-state index contributed by atoms with van der Waals surface area (Å²) in [5.74, 6) is 0.331. The summed E-state index contributed by atoms with van der Waals surface area (Å²) < 4.78 is 10.1. The van der Waals surface area contributed by atoms with Crippen molar-refractivity contribution in [3.63, 3.8) is 0 Å². The smallest absolute Gasteiger partial charge is 0.344 e. The first kappa shape index (κ1) is 17.3. The van der Waals surface area contributed by atoms with Gasteiger partial charge in [0.1, 0.15) is 5.75 Å². The number of carbonyl (C=O) groups is 2. The molecule has 1 aromatic carbocycles. The monoisotopic (exact) mass is 320 g/mol. The summed E-state index contributed by atoms with van der Waals surface area (Å²) in [4.78, 5) is 23.1. The molecule has 1 fully saturated rings. The molecule has 0 saturated carbocycles. The second-order valence-electron chi connectivity index (χ2n) is 5.43. The minimum Gasteiger partial charge on any atom is -0.482 e. The predicted molar refractivity (Wildman–Crippen MR) is 86.3 cm³/mol. The van der Waals surface area contributed by atoms with E-state index in [-0.39, 0.29) is 24.5 Å². The largest absolute Gasteiger partial charge is 0.482 e. The Hall–Kier alpha value is -2.08. The van der Waals surface area contributed by atoms with Gasteiger partial charge in [0.2, 0.25) is 5.91 Å². The SMILES string of the molecule is CCOC(=O)COc1ccc(CCNC(=O)C2CCCN2)cc1. The van der Waals surface area contributed by atoms with Gasteiger partial charge in [-0.1, -0.05) is 12.1 Å². The molecule has 126 valence electrons. The lowest BCUT2D eigenvalue weighted by atomic mass is 10.1. The Morgan fingerprint density at radius 2 is 2.09 bits per heavy atom. The van der Waals surface area contributed by atoms with E-state index in [4.69, 9.17) is 9.47 Å². The summed E-state index contributed by atoms with van der Waals surface area (Å²) in [7, 11) is 0. The van der Waals surface area contributed by atoms with Crippen LogP contribution >= 0.6 is 0 Å². The number of benzene rings is 1. The fourth-order valence-electron chi connectivity index (χ4n) is 2.46. The lowest BCUT2D eigenvalue weighted by Crippen LogP contribution is -2.41. The van der Waals surface area contributed by atoms with Gasteiger partial charge in [-0.05, 0) is 50.4 Å². The molecule has 1 aliphatic rings. The average Bonchev–Trinajstić information content (AvgIpc) is 3.09. The normalized spacial score (nSPS) is 16.8. The Morgan fingerprint density at radius 1 is 1.30 bits per heavy atom. The molecule has 23 heavy (non-hydrogen) atoms. The van der Waals surface area contributed by atoms with Crippen molar-refractivity contribution in [1.82, 2.24) is 10.6 Å². The zero-order chi connectivity index (χ0) is 16.5. The minimum absolute atomic E-state index is 0.0337. The molecule has 2 N–H and O–H groups in total. The van der Waals surface area contributed by atoms with Crippen LogP contribution in [0.5, 0.6) is 5.75 Å². The quantitative estimate of drug-likeness (QED) is 0.700. The molecule has 1 atom stereocenters. The molecule has 1 heterocycles. The van der Waals surface area contributed by atoms with Crippen LogP contribution in [0.4, 0.5) is 0 Å². The van der Waals surface area contributed by atoms with Crippen molar-refractivity contribution in [2.24, 2.45) is 0 Å². The molecular weight excluding hydrogens is 296 g/mol. The molecular formula is C17H24N2O4. The van der Waals surface area contributed by atoms with Crippen LogP contribution in [-0.4, -0.2) is 44.2 Å². The van der Waals surface area contributed by atoms with Gasteiger partial charge in [0.25, 0.3) is 0 Å². The van der Waals surface area contributed by atoms with Crippen molar-refractivity contribution >= 4 is 11.9 Å². The van der Waals surface area contributed by atoms with Gasteiger partial charge in [-0.25, -0.2) is 4.79 Å². The van der Waals surface area contributed by atoms with Crippen molar-refractivity contribution in [1.29, 1.82) is 0 Å². The molecule has 0 aliphatic carbocycles. The summed E-state index contributed by atoms with van der Waals surface area (Å²) in [6, 6.07) is 7.46. The number of esters is 1. The summed E-state index contributed by atoms with van der Waals surface area (Å²) in [6.45, 7) is 3.56. The van der Waals surface area contributed by atoms with Gasteiger partial charge in [0, 0.05) is 6.54 Å². The van der Waals surface area contributed by atoms with E-state index in [9.17, 15) is 9.59 Å². The van der Waals surface area contributed by atoms with Crippen LogP contribution in [0.25, 0.3) is 0 Å². The fourth-order valence-corrected chi connectivity index (χ4v) is 2.46. The number of hydrogen-bond acceptors (Lipinski definition) is 5. The Bertz CT molecular complexity index is 510. The Kier molecular flexibility index (Phi) is 6.87. The second kappa shape index (κ2) is 9.15. The maximum absolute atomic E-state index is 11.9. The summed E-state index contributed by atoms with van der Waals surface area (Å²) in [5.41, 5.74) is 1.10. The van der Waals surface area contributed by atoms with Crippen molar-refractivity contribution in [2.45, 2.75) is 32.2 Å². The van der Waals surface area contributed by atoms with Gasteiger partial charge >= 0.3 is 5.97 Å². The molecule has 1 unspecified atom stereocenters. The highest BCUT2D eigenvalue weighted by atomic mass is 16.6. The van der Waals surface area contributed by atoms with Crippen LogP contribution < -0.4 is 15.4 Å². The first-order chi connectivity index (χ1) is 11.2. The highest BCUT2D eigenvalue weighted by molar-refractivity contribution is 5.81. The molecule has 0 bridgehead atoms. The van der Waals surface area contributed by atoms with E-state index in [1.165, 1.54) is 0 Å². The standard InChI is InChI=1S/C17H24N2O4/c1-2-22-16(20)12-23-14-7-5-13(6-8-14)9-11-19-17(21)15-4-3-10-18-15/h5-8,15,18H,2-4,9-12H2,1H3,(H,19,21). The predicted octanol–water partition coefficient (Wildman–Crippen LogP) is 1.04. The molecule has 6 heteroatoms. The van der Waals surface area contributed by atoms with Crippen LogP contribution in [0.3, 0.4) is 0 Å². The van der Waals surface area contributed by atoms with E-state index in [2.05, 4.69) is 10.6 Å². The lowest BCUT2D eigenvalue weighted by molar-refractivity contribution is -0.145. The van der Waals surface area contributed by atoms with Crippen LogP contribution in [0.2, 0.25) is 0 Å². The maximum Gasteiger partial charge on any atom is 0.344 e. The molecule has 2 rings (SSSR count). The molecule has 1 amide bonds. The molecule has 0 aromatic heterocycles. The third kappa shape index (κ3) is 5.90. The summed E-state index contributed by atoms with van der Waals surface area (Å²) >= 11 is 0. The van der Waals surface area contributed by atoms with Crippen LogP contribution in [-0.2, 0) is 20.7 Å². The summed E-state index contributed by atoms with van der Waals surface area (Å²) in [5, 5.41) is 6.13. The number of ether oxygens (including phenoxy) is 2. The number of nitrogens with one attached hydrogen (secondary N) is 2. The van der Waals surface area contributed by atoms with Gasteiger partial charge in [-0.2, -0.15) is 0 Å². The molecule has 1 aliphatic heterocycles. The number of carbonyl (C=O) groups excluding carboxylic acids is 2. The number of rotatable bonds is 8. The zero-order valence-corrected chi connectivity index (χ0v) is 13.5. The minimum atomic E-state index is -0.375. The van der Waals surface area contributed by atoms with E-state index in [0.29, 0.717) is 18.9 Å². The lowest BCUT2D eigenvalue weighted by Gasteiger charge is -2.11. The van der Waals surface area contributed by atoms with Crippen LogP contribution in [0.1, 0.15) is 25.3 Å². The van der Waals surface area contributed by atoms with Crippen molar-refractivity contribution in [3.05, 3.63) is 29.8 Å². The van der Waals surface area contributed by atoms with E-state index in [1.807, 2.05) is 24.3 Å². The van der Waals surface area contributed by atoms with Crippen molar-refractivity contribution in [3.8, 4) is 5.75 Å². The van der Waals surface area contributed by atoms with Crippen molar-refractivity contribution < 1.29 is 19.1 Å². The Labute approximate surface area is 136 Å². The Morgan fingerprint density at radius 3 is 2.74 bits per heavy atom. The topological polar surface area (TPSA) is 76.7 Å². The van der Waals surface area contributed by atoms with Gasteiger partial charge in [-0.3, -0.25) is 4.79 Å². The molecule has 1 aromatic rings. The molecule has 0 spiro atoms. The summed E-state index contributed by atoms with van der Waals surface area (Å²) in [6.07, 6.45) is 2.74. The molecule has 6 nitrogen and oxygen atoms in total. The van der Waals surface area contributed by atoms with Crippen molar-refractivity contribution in [2.75, 3.05) is 26.3 Å². The van der Waals surface area contributed by atoms with Gasteiger partial charge < -0.3 is 20.1 Å². The van der Waals surface area contributed by atoms with E-state index >= 15 is 0 Å². The molecule has 1 saturated heterocycles. The van der Waals surface area contributed by atoms with Gasteiger partial charge in [-0.15, -0.1) is 0 Å². The van der Waals surface area contributed by atoms with Crippen LogP contribution in [0.15, 0.2) is 24.3 Å². The highest BCUT2D eigenvalue weighted by Gasteiger charge is 2.21.